The van der Waals surface area contributed by atoms with Gasteiger partial charge < -0.3 is 10.2 Å². The number of nitrogens with zero attached hydrogens (tertiary/aromatic N) is 3. The molecule has 2 saturated heterocycles. The van der Waals surface area contributed by atoms with Gasteiger partial charge in [-0.25, -0.2) is 8.42 Å². The molecule has 3 aliphatic rings. The van der Waals surface area contributed by atoms with Gasteiger partial charge in [-0.1, -0.05) is 20.8 Å². The van der Waals surface area contributed by atoms with Crippen LogP contribution in [0.25, 0.3) is 0 Å². The zero-order valence-corrected chi connectivity index (χ0v) is 24.9. The van der Waals surface area contributed by atoms with Crippen LogP contribution in [0, 0.1) is 11.8 Å². The molecule has 10 heteroatoms. The van der Waals surface area contributed by atoms with E-state index in [1.807, 2.05) is 4.90 Å². The number of carbonyl (C=O) groups excluding carboxylic acids is 2. The second-order valence-electron chi connectivity index (χ2n) is 11.4. The van der Waals surface area contributed by atoms with Crippen molar-refractivity contribution in [2.45, 2.75) is 64.3 Å². The minimum absolute atomic E-state index is 0.0129. The Balaban J connectivity index is 1.37. The highest BCUT2D eigenvalue weighted by atomic mass is 32.2. The Hall–Kier alpha value is -2.27. The molecule has 2 aromatic rings. The summed E-state index contributed by atoms with van der Waals surface area (Å²) < 4.78 is 28.1. The number of hydrogen-bond acceptors (Lipinski definition) is 6. The fourth-order valence-electron chi connectivity index (χ4n) is 6.20. The highest BCUT2D eigenvalue weighted by molar-refractivity contribution is 7.89. The van der Waals surface area contributed by atoms with Gasteiger partial charge in [0.2, 0.25) is 10.0 Å². The van der Waals surface area contributed by atoms with Gasteiger partial charge in [0.25, 0.3) is 11.8 Å². The molecule has 2 unspecified atom stereocenters. The van der Waals surface area contributed by atoms with E-state index in [2.05, 4.69) is 31.0 Å². The van der Waals surface area contributed by atoms with Gasteiger partial charge in [-0.05, 0) is 80.3 Å². The lowest BCUT2D eigenvalue weighted by atomic mass is 9.94. The lowest BCUT2D eigenvalue weighted by molar-refractivity contribution is 0.0724. The van der Waals surface area contributed by atoms with Crippen LogP contribution in [-0.2, 0) is 23.0 Å². The Kier molecular flexibility index (Phi) is 8.47. The summed E-state index contributed by atoms with van der Waals surface area (Å²) in [6.07, 6.45) is 4.98. The van der Waals surface area contributed by atoms with E-state index in [4.69, 9.17) is 0 Å². The average Bonchev–Trinajstić information content (AvgIpc) is 3.29. The van der Waals surface area contributed by atoms with Crippen molar-refractivity contribution in [3.8, 4) is 0 Å². The molecule has 1 aromatic carbocycles. The Morgan fingerprint density at radius 3 is 2.31 bits per heavy atom. The topological polar surface area (TPSA) is 90.0 Å². The third-order valence-electron chi connectivity index (χ3n) is 8.26. The van der Waals surface area contributed by atoms with E-state index in [0.717, 1.165) is 75.3 Å². The smallest absolute Gasteiger partial charge is 0.257 e. The number of thiophene rings is 1. The second kappa shape index (κ2) is 11.7. The fourth-order valence-corrected chi connectivity index (χ4v) is 9.16. The summed E-state index contributed by atoms with van der Waals surface area (Å²) in [5.41, 5.74) is 2.09. The van der Waals surface area contributed by atoms with E-state index in [1.165, 1.54) is 23.5 Å². The van der Waals surface area contributed by atoms with Crippen molar-refractivity contribution in [1.82, 2.24) is 14.1 Å². The third kappa shape index (κ3) is 5.94. The molecule has 8 nitrogen and oxygen atoms in total. The predicted octanol–water partition coefficient (Wildman–Crippen LogP) is 4.67. The summed E-state index contributed by atoms with van der Waals surface area (Å²) in [6, 6.07) is 6.17. The van der Waals surface area contributed by atoms with Crippen LogP contribution in [0.4, 0.5) is 5.00 Å². The Morgan fingerprint density at radius 1 is 1.00 bits per heavy atom. The third-order valence-corrected chi connectivity index (χ3v) is 11.2. The molecule has 0 aliphatic carbocycles. The van der Waals surface area contributed by atoms with Crippen LogP contribution in [0.2, 0.25) is 0 Å². The maximum Gasteiger partial charge on any atom is 0.257 e. The van der Waals surface area contributed by atoms with Crippen LogP contribution >= 0.6 is 11.3 Å². The number of rotatable bonds is 6. The van der Waals surface area contributed by atoms with Crippen molar-refractivity contribution < 1.29 is 18.0 Å². The van der Waals surface area contributed by atoms with Gasteiger partial charge >= 0.3 is 0 Å². The molecule has 1 aromatic heterocycles. The largest absolute Gasteiger partial charge is 0.339 e. The summed E-state index contributed by atoms with van der Waals surface area (Å²) in [4.78, 5) is 32.6. The minimum atomic E-state index is -3.62. The van der Waals surface area contributed by atoms with Crippen molar-refractivity contribution in [2.75, 3.05) is 44.6 Å². The highest BCUT2D eigenvalue weighted by Crippen LogP contribution is 2.38. The summed E-state index contributed by atoms with van der Waals surface area (Å²) in [5, 5.41) is 3.63. The first-order valence-electron chi connectivity index (χ1n) is 14.2. The molecule has 2 atom stereocenters. The summed E-state index contributed by atoms with van der Waals surface area (Å²) in [7, 11) is -3.62. The van der Waals surface area contributed by atoms with E-state index in [-0.39, 0.29) is 16.7 Å². The number of benzene rings is 1. The van der Waals surface area contributed by atoms with Crippen LogP contribution in [0.15, 0.2) is 29.2 Å². The SMILES string of the molecule is CCN1CCc2c(sc(NC(=O)c3ccc(S(=O)(=O)N4CC(C)CC(C)C4)cc3)c2C(=O)N2CCCCC2)C1. The molecule has 39 heavy (non-hydrogen) atoms. The summed E-state index contributed by atoms with van der Waals surface area (Å²) in [6.45, 7) is 11.5. The van der Waals surface area contributed by atoms with Crippen molar-refractivity contribution in [2.24, 2.45) is 11.8 Å². The van der Waals surface area contributed by atoms with Crippen LogP contribution in [0.1, 0.15) is 77.6 Å². The van der Waals surface area contributed by atoms with Crippen LogP contribution in [0.5, 0.6) is 0 Å². The Labute approximate surface area is 236 Å². The number of sulfonamides is 1. The maximum atomic E-state index is 13.7. The zero-order chi connectivity index (χ0) is 27.7. The van der Waals surface area contributed by atoms with Gasteiger partial charge in [-0.3, -0.25) is 14.5 Å². The fraction of sp³-hybridized carbons (Fsp3) is 0.586. The lowest BCUT2D eigenvalue weighted by Crippen LogP contribution is -2.42. The van der Waals surface area contributed by atoms with E-state index < -0.39 is 10.0 Å². The van der Waals surface area contributed by atoms with Crippen molar-refractivity contribution in [3.05, 3.63) is 45.8 Å². The van der Waals surface area contributed by atoms with Crippen molar-refractivity contribution in [3.63, 3.8) is 0 Å². The quantitative estimate of drug-likeness (QED) is 0.543. The number of likely N-dealkylation sites (N-methyl/N-ethyl adjacent to an activating group) is 1. The molecule has 212 valence electrons. The minimum Gasteiger partial charge on any atom is -0.339 e. The van der Waals surface area contributed by atoms with Crippen LogP contribution in [-0.4, -0.2) is 73.6 Å². The van der Waals surface area contributed by atoms with Gasteiger partial charge in [0.1, 0.15) is 5.00 Å². The molecule has 2 fully saturated rings. The molecule has 5 rings (SSSR count). The number of piperidine rings is 2. The normalized spacial score (nSPS) is 22.9. The molecular weight excluding hydrogens is 532 g/mol. The van der Waals surface area contributed by atoms with Crippen LogP contribution in [0.3, 0.4) is 0 Å². The number of anilines is 1. The monoisotopic (exact) mass is 572 g/mol. The molecule has 0 spiro atoms. The number of hydrogen-bond donors (Lipinski definition) is 1. The van der Waals surface area contributed by atoms with Gasteiger partial charge in [0.05, 0.1) is 10.5 Å². The van der Waals surface area contributed by atoms with Gasteiger partial charge in [0, 0.05) is 49.7 Å². The number of amides is 2. The van der Waals surface area contributed by atoms with E-state index in [0.29, 0.717) is 41.1 Å². The molecule has 3 aliphatic heterocycles. The van der Waals surface area contributed by atoms with Crippen LogP contribution < -0.4 is 5.32 Å². The molecule has 0 radical (unpaired) electrons. The van der Waals surface area contributed by atoms with E-state index in [9.17, 15) is 18.0 Å². The average molecular weight is 573 g/mol. The van der Waals surface area contributed by atoms with E-state index >= 15 is 0 Å². The first-order chi connectivity index (χ1) is 18.7. The maximum absolute atomic E-state index is 13.7. The van der Waals surface area contributed by atoms with E-state index in [1.54, 1.807) is 16.4 Å². The van der Waals surface area contributed by atoms with Gasteiger partial charge in [0.15, 0.2) is 0 Å². The number of carbonyl (C=O) groups is 2. The molecule has 2 amide bonds. The number of nitrogens with one attached hydrogen (secondary N) is 1. The van der Waals surface area contributed by atoms with Gasteiger partial charge in [-0.15, -0.1) is 11.3 Å². The first-order valence-corrected chi connectivity index (χ1v) is 16.5. The summed E-state index contributed by atoms with van der Waals surface area (Å²) >= 11 is 1.50. The number of likely N-dealkylation sites (tertiary alicyclic amines) is 1. The first kappa shape index (κ1) is 28.3. The zero-order valence-electron chi connectivity index (χ0n) is 23.2. The molecular formula is C29H40N4O4S2. The van der Waals surface area contributed by atoms with Crippen molar-refractivity contribution >= 4 is 38.2 Å². The molecule has 0 bridgehead atoms. The Morgan fingerprint density at radius 2 is 1.67 bits per heavy atom. The predicted molar refractivity (Wildman–Crippen MR) is 155 cm³/mol. The van der Waals surface area contributed by atoms with Gasteiger partial charge in [-0.2, -0.15) is 4.31 Å². The van der Waals surface area contributed by atoms with Crippen molar-refractivity contribution in [1.29, 1.82) is 0 Å². The Bertz CT molecular complexity index is 1310. The standard InChI is InChI=1S/C29H40N4O4S2/c1-4-31-15-12-24-25(19-31)38-28(26(24)29(35)32-13-6-5-7-14-32)30-27(34)22-8-10-23(11-9-22)39(36,37)33-17-20(2)16-21(3)18-33/h8-11,20-21H,4-7,12-19H2,1-3H3,(H,30,34). The summed E-state index contributed by atoms with van der Waals surface area (Å²) in [5.74, 6) is 0.310. The lowest BCUT2D eigenvalue weighted by Gasteiger charge is -2.34. The molecule has 0 saturated carbocycles. The molecule has 1 N–H and O–H groups in total. The second-order valence-corrected chi connectivity index (χ2v) is 14.5. The molecule has 4 heterocycles. The highest BCUT2D eigenvalue weighted by Gasteiger charge is 2.33. The number of fused-ring (bicyclic) bond motifs is 1.